The molecular weight excluding hydrogens is 242 g/mol. The van der Waals surface area contributed by atoms with Crippen molar-refractivity contribution < 1.29 is 24.6 Å². The van der Waals surface area contributed by atoms with E-state index in [1.54, 1.807) is 0 Å². The Bertz CT molecular complexity index is 295. The molecule has 0 aromatic rings. The van der Waals surface area contributed by atoms with Crippen LogP contribution in [0.15, 0.2) is 0 Å². The number of nitrogens with one attached hydrogen (secondary N) is 2. The number of hydrogen-bond acceptors (Lipinski definition) is 4. The Morgan fingerprint density at radius 3 is 2.28 bits per heavy atom. The van der Waals surface area contributed by atoms with Crippen LogP contribution in [0, 0.1) is 0 Å². The largest absolute Gasteiger partial charge is 0.479 e. The van der Waals surface area contributed by atoms with Crippen molar-refractivity contribution in [3.05, 3.63) is 0 Å². The van der Waals surface area contributed by atoms with Gasteiger partial charge in [-0.05, 0) is 12.8 Å². The molecule has 0 aliphatic heterocycles. The molecule has 0 saturated heterocycles. The fraction of sp³-hybridized carbons (Fsp3) is 0.700. The number of carboxylic acid groups (broad SMARTS) is 1. The highest BCUT2D eigenvalue weighted by Gasteiger charge is 2.12. The molecule has 18 heavy (non-hydrogen) atoms. The van der Waals surface area contributed by atoms with Gasteiger partial charge in [0.15, 0.2) is 6.10 Å². The number of aliphatic carboxylic acids is 1. The minimum atomic E-state index is -1.47. The van der Waals surface area contributed by atoms with Crippen molar-refractivity contribution in [3.8, 4) is 0 Å². The van der Waals surface area contributed by atoms with Gasteiger partial charge in [0.25, 0.3) is 0 Å². The van der Waals surface area contributed by atoms with Crippen molar-refractivity contribution >= 4 is 17.9 Å². The monoisotopic (exact) mass is 261 g/mol. The smallest absolute Gasteiger partial charge is 0.332 e. The third kappa shape index (κ3) is 9.40. The Balaban J connectivity index is 3.43. The van der Waals surface area contributed by atoms with Crippen molar-refractivity contribution in [1.29, 1.82) is 0 Å². The molecule has 104 valence electrons. The summed E-state index contributed by atoms with van der Waals surface area (Å²) in [7, 11) is 0. The lowest BCUT2D eigenvalue weighted by molar-refractivity contribution is -0.146. The van der Waals surface area contributed by atoms with Crippen LogP contribution >= 0.6 is 0 Å². The third-order valence-corrected chi connectivity index (χ3v) is 2.12. The van der Waals surface area contributed by atoms with Crippen molar-refractivity contribution in [1.82, 2.24) is 10.6 Å². The highest BCUT2D eigenvalue weighted by molar-refractivity contribution is 5.74. The average Bonchev–Trinajstić information content (AvgIpc) is 2.27. The molecule has 0 aromatic carbocycles. The van der Waals surface area contributed by atoms with Crippen LogP contribution in [0.25, 0.3) is 0 Å². The summed E-state index contributed by atoms with van der Waals surface area (Å²) in [6.07, 6.45) is 0.000787. The number of carbonyl (C=O) groups excluding carboxylic acids is 2. The number of nitrogens with two attached hydrogens (primary N) is 1. The van der Waals surface area contributed by atoms with Gasteiger partial charge in [-0.15, -0.1) is 0 Å². The lowest BCUT2D eigenvalue weighted by Gasteiger charge is -2.08. The van der Waals surface area contributed by atoms with Gasteiger partial charge in [-0.3, -0.25) is 4.79 Å². The lowest BCUT2D eigenvalue weighted by Crippen LogP contribution is -2.38. The van der Waals surface area contributed by atoms with E-state index in [2.05, 4.69) is 10.6 Å². The molecule has 8 heteroatoms. The summed E-state index contributed by atoms with van der Waals surface area (Å²) in [5.74, 6) is -1.69. The summed E-state index contributed by atoms with van der Waals surface area (Å²) >= 11 is 0. The number of carbonyl (C=O) groups is 3. The van der Waals surface area contributed by atoms with E-state index in [1.807, 2.05) is 0 Å². The predicted molar refractivity (Wildman–Crippen MR) is 62.7 cm³/mol. The van der Waals surface area contributed by atoms with E-state index in [0.29, 0.717) is 19.4 Å². The fourth-order valence-corrected chi connectivity index (χ4v) is 1.13. The van der Waals surface area contributed by atoms with Crippen LogP contribution in [-0.2, 0) is 9.59 Å². The first kappa shape index (κ1) is 16.2. The number of carboxylic acids is 1. The van der Waals surface area contributed by atoms with Crippen molar-refractivity contribution in [3.63, 3.8) is 0 Å². The summed E-state index contributed by atoms with van der Waals surface area (Å²) in [6, 6.07) is -0.438. The van der Waals surface area contributed by atoms with E-state index in [4.69, 9.17) is 15.9 Å². The van der Waals surface area contributed by atoms with E-state index < -0.39 is 18.1 Å². The maximum Gasteiger partial charge on any atom is 0.332 e. The van der Waals surface area contributed by atoms with Crippen LogP contribution in [0.1, 0.15) is 25.7 Å². The molecule has 1 unspecified atom stereocenters. The first-order chi connectivity index (χ1) is 8.43. The maximum atomic E-state index is 11.1. The highest BCUT2D eigenvalue weighted by atomic mass is 16.4. The SMILES string of the molecule is NC(=O)CCCCNC(=O)NCCC(O)C(=O)O. The van der Waals surface area contributed by atoms with Crippen molar-refractivity contribution in [2.24, 2.45) is 5.73 Å². The first-order valence-electron chi connectivity index (χ1n) is 5.64. The number of hydrogen-bond donors (Lipinski definition) is 5. The van der Waals surface area contributed by atoms with Crippen LogP contribution < -0.4 is 16.4 Å². The molecule has 3 amide bonds. The summed E-state index contributed by atoms with van der Waals surface area (Å²) in [5.41, 5.74) is 4.94. The Kier molecular flexibility index (Phi) is 8.29. The minimum absolute atomic E-state index is 0.0512. The molecule has 8 nitrogen and oxygen atoms in total. The number of rotatable bonds is 9. The summed E-state index contributed by atoms with van der Waals surface area (Å²) in [5, 5.41) is 22.2. The summed E-state index contributed by atoms with van der Waals surface area (Å²) < 4.78 is 0. The standard InChI is InChI=1S/C10H19N3O5/c11-8(15)3-1-2-5-12-10(18)13-6-4-7(14)9(16)17/h7,14H,1-6H2,(H2,11,15)(H,16,17)(H2,12,13,18). The van der Waals surface area contributed by atoms with Gasteiger partial charge in [0.1, 0.15) is 0 Å². The van der Waals surface area contributed by atoms with Gasteiger partial charge in [0.2, 0.25) is 5.91 Å². The maximum absolute atomic E-state index is 11.1. The van der Waals surface area contributed by atoms with Gasteiger partial charge in [0, 0.05) is 25.9 Å². The van der Waals surface area contributed by atoms with Gasteiger partial charge in [-0.1, -0.05) is 0 Å². The normalized spacial score (nSPS) is 11.6. The first-order valence-corrected chi connectivity index (χ1v) is 5.64. The second-order valence-corrected chi connectivity index (χ2v) is 3.75. The molecule has 0 rings (SSSR count). The summed E-state index contributed by atoms with van der Waals surface area (Å²) in [6.45, 7) is 0.473. The molecule has 0 radical (unpaired) electrons. The van der Waals surface area contributed by atoms with Gasteiger partial charge in [0.05, 0.1) is 0 Å². The van der Waals surface area contributed by atoms with E-state index in [1.165, 1.54) is 0 Å². The van der Waals surface area contributed by atoms with Gasteiger partial charge in [-0.2, -0.15) is 0 Å². The van der Waals surface area contributed by atoms with Gasteiger partial charge in [-0.25, -0.2) is 9.59 Å². The zero-order chi connectivity index (χ0) is 14.0. The van der Waals surface area contributed by atoms with E-state index >= 15 is 0 Å². The number of unbranched alkanes of at least 4 members (excludes halogenated alkanes) is 1. The number of amides is 3. The van der Waals surface area contributed by atoms with E-state index in [9.17, 15) is 14.4 Å². The second-order valence-electron chi connectivity index (χ2n) is 3.75. The molecule has 0 saturated carbocycles. The third-order valence-electron chi connectivity index (χ3n) is 2.12. The molecule has 0 bridgehead atoms. The van der Waals surface area contributed by atoms with Gasteiger partial charge < -0.3 is 26.6 Å². The average molecular weight is 261 g/mol. The fourth-order valence-electron chi connectivity index (χ4n) is 1.13. The van der Waals surface area contributed by atoms with Crippen molar-refractivity contribution in [2.45, 2.75) is 31.8 Å². The van der Waals surface area contributed by atoms with Crippen LogP contribution in [0.5, 0.6) is 0 Å². The zero-order valence-electron chi connectivity index (χ0n) is 10.0. The molecule has 6 N–H and O–H groups in total. The number of aliphatic hydroxyl groups is 1. The quantitative estimate of drug-likeness (QED) is 0.331. The Morgan fingerprint density at radius 2 is 1.72 bits per heavy atom. The van der Waals surface area contributed by atoms with Crippen molar-refractivity contribution in [2.75, 3.05) is 13.1 Å². The Morgan fingerprint density at radius 1 is 1.11 bits per heavy atom. The lowest BCUT2D eigenvalue weighted by atomic mass is 10.2. The molecule has 0 aromatic heterocycles. The molecule has 0 fully saturated rings. The minimum Gasteiger partial charge on any atom is -0.479 e. The molecule has 0 aliphatic rings. The second kappa shape index (κ2) is 9.23. The number of urea groups is 1. The number of aliphatic hydroxyl groups excluding tert-OH is 1. The van der Waals surface area contributed by atoms with E-state index in [-0.39, 0.29) is 25.3 Å². The highest BCUT2D eigenvalue weighted by Crippen LogP contribution is 1.92. The van der Waals surface area contributed by atoms with Crippen LogP contribution in [0.4, 0.5) is 4.79 Å². The topological polar surface area (TPSA) is 142 Å². The predicted octanol–water partition coefficient (Wildman–Crippen LogP) is -1.22. The zero-order valence-corrected chi connectivity index (χ0v) is 10.0. The van der Waals surface area contributed by atoms with Gasteiger partial charge >= 0.3 is 12.0 Å². The molecule has 0 heterocycles. The molecule has 0 spiro atoms. The van der Waals surface area contributed by atoms with Crippen LogP contribution in [0.2, 0.25) is 0 Å². The van der Waals surface area contributed by atoms with Crippen LogP contribution in [-0.4, -0.2) is 47.3 Å². The molecule has 1 atom stereocenters. The molecule has 0 aliphatic carbocycles. The van der Waals surface area contributed by atoms with Crippen LogP contribution in [0.3, 0.4) is 0 Å². The molecular formula is C10H19N3O5. The Hall–Kier alpha value is -1.83. The Labute approximate surface area is 105 Å². The van der Waals surface area contributed by atoms with E-state index in [0.717, 1.165) is 0 Å². The summed E-state index contributed by atoms with van der Waals surface area (Å²) in [4.78, 5) is 31.8. The number of primary amides is 1.